The van der Waals surface area contributed by atoms with Gasteiger partial charge in [-0.2, -0.15) is 5.10 Å². The molecular weight excluding hydrogens is 382 g/mol. The molecule has 0 saturated heterocycles. The van der Waals surface area contributed by atoms with Crippen LogP contribution in [0.3, 0.4) is 0 Å². The van der Waals surface area contributed by atoms with Crippen molar-refractivity contribution in [1.82, 2.24) is 15.1 Å². The van der Waals surface area contributed by atoms with E-state index in [1.165, 1.54) is 4.68 Å². The van der Waals surface area contributed by atoms with E-state index in [0.29, 0.717) is 18.4 Å². The highest BCUT2D eigenvalue weighted by Crippen LogP contribution is 2.33. The van der Waals surface area contributed by atoms with Gasteiger partial charge in [0, 0.05) is 16.6 Å². The number of thiophene rings is 1. The van der Waals surface area contributed by atoms with Gasteiger partial charge in [-0.3, -0.25) is 9.59 Å². The van der Waals surface area contributed by atoms with E-state index in [1.54, 1.807) is 11.3 Å². The van der Waals surface area contributed by atoms with Gasteiger partial charge in [-0.15, -0.1) is 11.3 Å². The van der Waals surface area contributed by atoms with E-state index in [1.807, 2.05) is 68.4 Å². The lowest BCUT2D eigenvalue weighted by molar-refractivity contribution is -0.124. The van der Waals surface area contributed by atoms with Crippen molar-refractivity contribution >= 4 is 37.4 Å². The monoisotopic (exact) mass is 405 g/mol. The molecule has 1 atom stereocenters. The number of carbonyl (C=O) groups excluding carboxylic acids is 1. The lowest BCUT2D eigenvalue weighted by Crippen LogP contribution is -2.39. The van der Waals surface area contributed by atoms with Gasteiger partial charge < -0.3 is 5.32 Å². The predicted molar refractivity (Wildman–Crippen MR) is 119 cm³/mol. The molecule has 2 aromatic carbocycles. The number of nitrogens with one attached hydrogen (secondary N) is 1. The van der Waals surface area contributed by atoms with Crippen LogP contribution in [-0.2, 0) is 11.2 Å². The number of rotatable bonds is 6. The summed E-state index contributed by atoms with van der Waals surface area (Å²) in [4.78, 5) is 26.1. The second kappa shape index (κ2) is 8.17. The van der Waals surface area contributed by atoms with Crippen LogP contribution in [0.5, 0.6) is 0 Å². The number of amides is 1. The quantitative estimate of drug-likeness (QED) is 0.522. The van der Waals surface area contributed by atoms with Gasteiger partial charge in [-0.05, 0) is 31.4 Å². The normalized spacial score (nSPS) is 12.3. The zero-order valence-electron chi connectivity index (χ0n) is 16.5. The minimum atomic E-state index is -0.625. The summed E-state index contributed by atoms with van der Waals surface area (Å²) in [6.45, 7) is 4.32. The maximum atomic E-state index is 13.3. The molecule has 0 aliphatic heterocycles. The zero-order valence-corrected chi connectivity index (χ0v) is 17.3. The van der Waals surface area contributed by atoms with E-state index >= 15 is 0 Å². The molecule has 0 unspecified atom stereocenters. The fourth-order valence-corrected chi connectivity index (χ4v) is 4.79. The average Bonchev–Trinajstić information content (AvgIpc) is 3.13. The molecule has 0 radical (unpaired) electrons. The average molecular weight is 406 g/mol. The molecule has 0 saturated carbocycles. The van der Waals surface area contributed by atoms with Gasteiger partial charge in [-0.1, -0.05) is 55.5 Å². The van der Waals surface area contributed by atoms with Crippen molar-refractivity contribution in [3.8, 4) is 0 Å². The maximum absolute atomic E-state index is 13.3. The minimum Gasteiger partial charge on any atom is -0.354 e. The fraction of sp³-hybridized carbons (Fsp3) is 0.261. The Hall–Kier alpha value is -2.99. The van der Waals surface area contributed by atoms with Crippen molar-refractivity contribution in [1.29, 1.82) is 0 Å². The molecule has 4 aromatic rings. The van der Waals surface area contributed by atoms with Crippen LogP contribution in [0, 0.1) is 6.92 Å². The number of carbonyl (C=O) groups is 1. The summed E-state index contributed by atoms with van der Waals surface area (Å²) in [5.41, 5.74) is 1.74. The molecule has 5 nitrogen and oxygen atoms in total. The highest BCUT2D eigenvalue weighted by molar-refractivity contribution is 7.26. The van der Waals surface area contributed by atoms with Gasteiger partial charge >= 0.3 is 0 Å². The van der Waals surface area contributed by atoms with Gasteiger partial charge in [0.05, 0.1) is 15.8 Å². The summed E-state index contributed by atoms with van der Waals surface area (Å²) < 4.78 is 3.32. The molecule has 0 aliphatic rings. The molecule has 0 aliphatic carbocycles. The first-order valence-corrected chi connectivity index (χ1v) is 10.6. The van der Waals surface area contributed by atoms with Crippen LogP contribution in [0.15, 0.2) is 59.4 Å². The molecule has 1 N–H and O–H groups in total. The third-order valence-electron chi connectivity index (χ3n) is 5.14. The third-order valence-corrected chi connectivity index (χ3v) is 6.42. The highest BCUT2D eigenvalue weighted by atomic mass is 32.1. The molecule has 1 amide bonds. The molecule has 148 valence electrons. The Balaban J connectivity index is 1.64. The molecule has 0 bridgehead atoms. The van der Waals surface area contributed by atoms with E-state index in [4.69, 9.17) is 0 Å². The second-order valence-corrected chi connectivity index (χ2v) is 8.14. The van der Waals surface area contributed by atoms with E-state index in [2.05, 4.69) is 10.4 Å². The third kappa shape index (κ3) is 3.68. The molecule has 2 aromatic heterocycles. The molecule has 4 rings (SSSR count). The van der Waals surface area contributed by atoms with Gasteiger partial charge in [0.15, 0.2) is 0 Å². The highest BCUT2D eigenvalue weighted by Gasteiger charge is 2.23. The summed E-state index contributed by atoms with van der Waals surface area (Å²) in [7, 11) is 0. The lowest BCUT2D eigenvalue weighted by atomic mass is 10.1. The summed E-state index contributed by atoms with van der Waals surface area (Å²) in [5.74, 6) is -0.170. The number of nitrogens with zero attached hydrogens (tertiary/aromatic N) is 2. The Morgan fingerprint density at radius 2 is 1.86 bits per heavy atom. The Labute approximate surface area is 173 Å². The zero-order chi connectivity index (χ0) is 20.4. The van der Waals surface area contributed by atoms with Gasteiger partial charge in [0.2, 0.25) is 5.91 Å². The van der Waals surface area contributed by atoms with Crippen molar-refractivity contribution in [2.45, 2.75) is 32.7 Å². The smallest absolute Gasteiger partial charge is 0.276 e. The van der Waals surface area contributed by atoms with Gasteiger partial charge in [0.1, 0.15) is 6.04 Å². The van der Waals surface area contributed by atoms with Crippen molar-refractivity contribution in [3.05, 3.63) is 76.2 Å². The number of aromatic nitrogens is 2. The Kier molecular flexibility index (Phi) is 5.45. The Morgan fingerprint density at radius 3 is 2.62 bits per heavy atom. The summed E-state index contributed by atoms with van der Waals surface area (Å²) >= 11 is 1.57. The van der Waals surface area contributed by atoms with E-state index < -0.39 is 6.04 Å². The van der Waals surface area contributed by atoms with Crippen LogP contribution in [0.1, 0.15) is 30.6 Å². The molecule has 0 fully saturated rings. The predicted octanol–water partition coefficient (Wildman–Crippen LogP) is 4.23. The molecule has 6 heteroatoms. The van der Waals surface area contributed by atoms with Crippen LogP contribution < -0.4 is 10.9 Å². The summed E-state index contributed by atoms with van der Waals surface area (Å²) in [6, 6.07) is 17.3. The largest absolute Gasteiger partial charge is 0.354 e. The van der Waals surface area contributed by atoms with Crippen molar-refractivity contribution < 1.29 is 4.79 Å². The van der Waals surface area contributed by atoms with Crippen LogP contribution in [0.2, 0.25) is 0 Å². The number of aryl methyl sites for hydroxylation is 1. The Bertz CT molecular complexity index is 1230. The molecule has 29 heavy (non-hydrogen) atoms. The number of fused-ring (bicyclic) bond motifs is 3. The fourth-order valence-electron chi connectivity index (χ4n) is 3.65. The van der Waals surface area contributed by atoms with E-state index in [0.717, 1.165) is 32.5 Å². The molecular formula is C23H23N3O2S. The molecule has 0 spiro atoms. The van der Waals surface area contributed by atoms with Crippen molar-refractivity contribution in [2.75, 3.05) is 6.54 Å². The molecule has 2 heterocycles. The summed E-state index contributed by atoms with van der Waals surface area (Å²) in [5, 5.41) is 9.07. The Morgan fingerprint density at radius 1 is 1.14 bits per heavy atom. The standard InChI is InChI=1S/C23H23N3O2S/c1-3-18(22(27)24-14-13-16-9-5-4-6-10-16)26-23(28)20-17-11-7-8-12-19(17)29-21(20)15(2)25-26/h4-12,18H,3,13-14H2,1-2H3,(H,24,27)/t18-/m1/s1. The maximum Gasteiger partial charge on any atom is 0.276 e. The number of hydrogen-bond donors (Lipinski definition) is 1. The SMILES string of the molecule is CC[C@H](C(=O)NCCc1ccccc1)n1nc(C)c2sc3ccccc3c2c1=O. The minimum absolute atomic E-state index is 0.170. The first-order valence-electron chi connectivity index (χ1n) is 9.82. The number of benzene rings is 2. The van der Waals surface area contributed by atoms with Crippen molar-refractivity contribution in [3.63, 3.8) is 0 Å². The second-order valence-electron chi connectivity index (χ2n) is 7.09. The van der Waals surface area contributed by atoms with Gasteiger partial charge in [-0.25, -0.2) is 4.68 Å². The first kappa shape index (κ1) is 19.3. The summed E-state index contributed by atoms with van der Waals surface area (Å²) in [6.07, 6.45) is 1.25. The van der Waals surface area contributed by atoms with E-state index in [9.17, 15) is 9.59 Å². The van der Waals surface area contributed by atoms with Crippen LogP contribution >= 0.6 is 11.3 Å². The topological polar surface area (TPSA) is 64.0 Å². The van der Waals surface area contributed by atoms with Crippen LogP contribution in [-0.4, -0.2) is 22.2 Å². The van der Waals surface area contributed by atoms with Crippen LogP contribution in [0.4, 0.5) is 0 Å². The lowest BCUT2D eigenvalue weighted by Gasteiger charge is -2.17. The van der Waals surface area contributed by atoms with Crippen molar-refractivity contribution in [2.24, 2.45) is 0 Å². The van der Waals surface area contributed by atoms with E-state index in [-0.39, 0.29) is 11.5 Å². The van der Waals surface area contributed by atoms with Crippen LogP contribution in [0.25, 0.3) is 20.2 Å². The first-order chi connectivity index (χ1) is 14.1. The number of hydrogen-bond acceptors (Lipinski definition) is 4. The van der Waals surface area contributed by atoms with Gasteiger partial charge in [0.25, 0.3) is 5.56 Å².